The predicted octanol–water partition coefficient (Wildman–Crippen LogP) is 5.30. The topological polar surface area (TPSA) is 59.0 Å². The zero-order chi connectivity index (χ0) is 21.1. The number of benzene rings is 2. The second-order valence-corrected chi connectivity index (χ2v) is 7.13. The average molecular weight is 400 g/mol. The molecule has 0 aliphatic heterocycles. The van der Waals surface area contributed by atoms with Crippen LogP contribution in [-0.2, 0) is 22.7 Å². The smallest absolute Gasteiger partial charge is 0.340 e. The summed E-state index contributed by atoms with van der Waals surface area (Å²) in [4.78, 5) is 14.8. The van der Waals surface area contributed by atoms with Crippen molar-refractivity contribution in [3.8, 4) is 5.75 Å². The number of anilines is 1. The van der Waals surface area contributed by atoms with Crippen LogP contribution in [-0.4, -0.2) is 31.3 Å². The lowest BCUT2D eigenvalue weighted by atomic mass is 10.0. The van der Waals surface area contributed by atoms with Crippen LogP contribution in [0.1, 0.15) is 61.0 Å². The van der Waals surface area contributed by atoms with E-state index in [2.05, 4.69) is 18.7 Å². The Morgan fingerprint density at radius 2 is 1.62 bits per heavy atom. The van der Waals surface area contributed by atoms with Crippen LogP contribution in [0, 0.1) is 0 Å². The maximum Gasteiger partial charge on any atom is 0.340 e. The van der Waals surface area contributed by atoms with Crippen molar-refractivity contribution in [2.45, 2.75) is 52.7 Å². The van der Waals surface area contributed by atoms with Gasteiger partial charge in [-0.25, -0.2) is 4.79 Å². The molecule has 0 bridgehead atoms. The number of carbonyl (C=O) groups excluding carboxylic acids is 1. The zero-order valence-corrected chi connectivity index (χ0v) is 17.8. The van der Waals surface area contributed by atoms with Crippen LogP contribution in [0.15, 0.2) is 42.5 Å². The lowest BCUT2D eigenvalue weighted by molar-refractivity contribution is 0.0590. The first kappa shape index (κ1) is 22.8. The third-order valence-electron chi connectivity index (χ3n) is 4.88. The minimum atomic E-state index is -0.452. The van der Waals surface area contributed by atoms with E-state index in [1.165, 1.54) is 7.11 Å². The molecule has 158 valence electrons. The second-order valence-electron chi connectivity index (χ2n) is 7.13. The van der Waals surface area contributed by atoms with Gasteiger partial charge < -0.3 is 19.5 Å². The first-order valence-corrected chi connectivity index (χ1v) is 10.4. The molecule has 2 aromatic carbocycles. The van der Waals surface area contributed by atoms with E-state index in [0.717, 1.165) is 49.9 Å². The SMILES string of the molecule is CCCCN(CCCC)c1c(O)ccc(COCc2ccccc2)c1C(=O)OC. The van der Waals surface area contributed by atoms with E-state index >= 15 is 0 Å². The van der Waals surface area contributed by atoms with Gasteiger partial charge in [0.15, 0.2) is 0 Å². The third kappa shape index (κ3) is 6.50. The van der Waals surface area contributed by atoms with Crippen molar-refractivity contribution >= 4 is 11.7 Å². The summed E-state index contributed by atoms with van der Waals surface area (Å²) < 4.78 is 10.9. The largest absolute Gasteiger partial charge is 0.506 e. The fourth-order valence-electron chi connectivity index (χ4n) is 3.28. The van der Waals surface area contributed by atoms with Crippen molar-refractivity contribution in [1.82, 2.24) is 0 Å². The Morgan fingerprint density at radius 1 is 0.966 bits per heavy atom. The van der Waals surface area contributed by atoms with Crippen LogP contribution in [0.4, 0.5) is 5.69 Å². The molecule has 29 heavy (non-hydrogen) atoms. The van der Waals surface area contributed by atoms with Gasteiger partial charge in [-0.05, 0) is 30.0 Å². The molecule has 2 rings (SSSR count). The van der Waals surface area contributed by atoms with Crippen molar-refractivity contribution in [3.63, 3.8) is 0 Å². The number of phenolic OH excluding ortho intramolecular Hbond substituents is 1. The lowest BCUT2D eigenvalue weighted by Gasteiger charge is -2.28. The summed E-state index contributed by atoms with van der Waals surface area (Å²) in [6.45, 7) is 6.54. The molecule has 0 heterocycles. The van der Waals surface area contributed by atoms with E-state index in [4.69, 9.17) is 9.47 Å². The standard InChI is InChI=1S/C24H33NO4/c1-4-6-15-25(16-7-5-2)23-21(26)14-13-20(22(23)24(27)28-3)18-29-17-19-11-9-8-10-12-19/h8-14,26H,4-7,15-18H2,1-3H3. The summed E-state index contributed by atoms with van der Waals surface area (Å²) in [7, 11) is 1.37. The molecule has 0 saturated carbocycles. The molecule has 2 aromatic rings. The van der Waals surface area contributed by atoms with E-state index in [0.29, 0.717) is 17.9 Å². The molecule has 0 saturated heterocycles. The van der Waals surface area contributed by atoms with Gasteiger partial charge in [0, 0.05) is 13.1 Å². The fourth-order valence-corrected chi connectivity index (χ4v) is 3.28. The second kappa shape index (κ2) is 12.1. The van der Waals surface area contributed by atoms with E-state index in [1.54, 1.807) is 12.1 Å². The van der Waals surface area contributed by atoms with Gasteiger partial charge in [-0.2, -0.15) is 0 Å². The van der Waals surface area contributed by atoms with Crippen molar-refractivity contribution in [2.75, 3.05) is 25.1 Å². The number of esters is 1. The van der Waals surface area contributed by atoms with Gasteiger partial charge in [-0.3, -0.25) is 0 Å². The van der Waals surface area contributed by atoms with Crippen LogP contribution >= 0.6 is 0 Å². The molecule has 1 N–H and O–H groups in total. The molecule has 0 atom stereocenters. The van der Waals surface area contributed by atoms with E-state index in [-0.39, 0.29) is 12.4 Å². The Labute approximate surface area is 174 Å². The Bertz CT molecular complexity index is 753. The van der Waals surface area contributed by atoms with Crippen LogP contribution in [0.25, 0.3) is 0 Å². The zero-order valence-electron chi connectivity index (χ0n) is 17.8. The summed E-state index contributed by atoms with van der Waals surface area (Å²) in [5, 5.41) is 10.6. The van der Waals surface area contributed by atoms with Gasteiger partial charge in [-0.1, -0.05) is 63.1 Å². The molecule has 0 aliphatic carbocycles. The third-order valence-corrected chi connectivity index (χ3v) is 4.88. The Morgan fingerprint density at radius 3 is 2.21 bits per heavy atom. The van der Waals surface area contributed by atoms with Gasteiger partial charge in [0.1, 0.15) is 5.75 Å². The summed E-state index contributed by atoms with van der Waals surface area (Å²) in [5.74, 6) is -0.350. The molecule has 5 nitrogen and oxygen atoms in total. The number of aromatic hydroxyl groups is 1. The molecule has 0 aliphatic rings. The number of rotatable bonds is 12. The molecular formula is C24H33NO4. The molecule has 0 unspecified atom stereocenters. The van der Waals surface area contributed by atoms with Crippen molar-refractivity contribution in [1.29, 1.82) is 0 Å². The first-order chi connectivity index (χ1) is 14.1. The Balaban J connectivity index is 2.32. The fraction of sp³-hybridized carbons (Fsp3) is 0.458. The first-order valence-electron chi connectivity index (χ1n) is 10.4. The van der Waals surface area contributed by atoms with E-state index in [9.17, 15) is 9.90 Å². The monoisotopic (exact) mass is 399 g/mol. The highest BCUT2D eigenvalue weighted by atomic mass is 16.5. The summed E-state index contributed by atoms with van der Waals surface area (Å²) in [5.41, 5.74) is 2.74. The Hall–Kier alpha value is -2.53. The maximum atomic E-state index is 12.7. The van der Waals surface area contributed by atoms with Gasteiger partial charge in [0.05, 0.1) is 31.6 Å². The highest BCUT2D eigenvalue weighted by Crippen LogP contribution is 2.35. The van der Waals surface area contributed by atoms with E-state index < -0.39 is 5.97 Å². The minimum Gasteiger partial charge on any atom is -0.506 e. The number of carbonyl (C=O) groups is 1. The number of nitrogens with zero attached hydrogens (tertiary/aromatic N) is 1. The van der Waals surface area contributed by atoms with Gasteiger partial charge in [-0.15, -0.1) is 0 Å². The number of phenols is 1. The molecule has 0 radical (unpaired) electrons. The quantitative estimate of drug-likeness (QED) is 0.491. The molecular weight excluding hydrogens is 366 g/mol. The van der Waals surface area contributed by atoms with Gasteiger partial charge >= 0.3 is 5.97 Å². The van der Waals surface area contributed by atoms with Gasteiger partial charge in [0.2, 0.25) is 0 Å². The van der Waals surface area contributed by atoms with Gasteiger partial charge in [0.25, 0.3) is 0 Å². The molecule has 0 amide bonds. The van der Waals surface area contributed by atoms with Crippen LogP contribution < -0.4 is 4.90 Å². The number of hydrogen-bond acceptors (Lipinski definition) is 5. The van der Waals surface area contributed by atoms with Crippen molar-refractivity contribution in [3.05, 3.63) is 59.2 Å². The number of hydrogen-bond donors (Lipinski definition) is 1. The maximum absolute atomic E-state index is 12.7. The van der Waals surface area contributed by atoms with Crippen molar-refractivity contribution in [2.24, 2.45) is 0 Å². The Kier molecular flexibility index (Phi) is 9.51. The normalized spacial score (nSPS) is 10.7. The van der Waals surface area contributed by atoms with Crippen LogP contribution in [0.5, 0.6) is 5.75 Å². The van der Waals surface area contributed by atoms with Crippen LogP contribution in [0.2, 0.25) is 0 Å². The molecule has 0 fully saturated rings. The lowest BCUT2D eigenvalue weighted by Crippen LogP contribution is -2.28. The summed E-state index contributed by atoms with van der Waals surface area (Å²) >= 11 is 0. The number of methoxy groups -OCH3 is 1. The number of unbranched alkanes of at least 4 members (excludes halogenated alkanes) is 2. The predicted molar refractivity (Wildman–Crippen MR) is 116 cm³/mol. The molecule has 0 spiro atoms. The highest BCUT2D eigenvalue weighted by molar-refractivity contribution is 5.99. The molecule has 5 heteroatoms. The average Bonchev–Trinajstić information content (AvgIpc) is 2.75. The van der Waals surface area contributed by atoms with Crippen LogP contribution in [0.3, 0.4) is 0 Å². The highest BCUT2D eigenvalue weighted by Gasteiger charge is 2.24. The summed E-state index contributed by atoms with van der Waals surface area (Å²) in [6.07, 6.45) is 4.05. The van der Waals surface area contributed by atoms with Crippen molar-refractivity contribution < 1.29 is 19.4 Å². The number of ether oxygens (including phenoxy) is 2. The van der Waals surface area contributed by atoms with E-state index in [1.807, 2.05) is 30.3 Å². The summed E-state index contributed by atoms with van der Waals surface area (Å²) in [6, 6.07) is 13.3. The minimum absolute atomic E-state index is 0.101. The molecule has 0 aromatic heterocycles.